The molecule has 0 aliphatic heterocycles. The van der Waals surface area contributed by atoms with Crippen LogP contribution in [0.2, 0.25) is 0 Å². The van der Waals surface area contributed by atoms with Gasteiger partial charge in [0.25, 0.3) is 5.91 Å². The van der Waals surface area contributed by atoms with Crippen LogP contribution in [0.1, 0.15) is 21.5 Å². The number of amides is 1. The molecule has 0 radical (unpaired) electrons. The van der Waals surface area contributed by atoms with Crippen molar-refractivity contribution in [1.29, 1.82) is 0 Å². The minimum absolute atomic E-state index is 0.111. The molecule has 2 rings (SSSR count). The van der Waals surface area contributed by atoms with Gasteiger partial charge in [0.05, 0.1) is 4.47 Å². The fourth-order valence-corrected chi connectivity index (χ4v) is 2.22. The van der Waals surface area contributed by atoms with E-state index in [9.17, 15) is 14.3 Å². The molecule has 104 valence electrons. The highest BCUT2D eigenvalue weighted by atomic mass is 79.9. The molecule has 0 saturated heterocycles. The van der Waals surface area contributed by atoms with Crippen LogP contribution < -0.4 is 5.32 Å². The Balaban J connectivity index is 2.30. The van der Waals surface area contributed by atoms with Crippen molar-refractivity contribution >= 4 is 27.5 Å². The fraction of sp³-hybridized carbons (Fsp3) is 0.133. The molecule has 0 aliphatic rings. The van der Waals surface area contributed by atoms with Crippen molar-refractivity contribution in [3.05, 3.63) is 57.3 Å². The summed E-state index contributed by atoms with van der Waals surface area (Å²) in [6.45, 7) is 3.46. The summed E-state index contributed by atoms with van der Waals surface area (Å²) in [5, 5.41) is 12.1. The lowest BCUT2D eigenvalue weighted by Gasteiger charge is -2.11. The molecule has 0 spiro atoms. The molecule has 2 N–H and O–H groups in total. The van der Waals surface area contributed by atoms with Crippen molar-refractivity contribution in [3.8, 4) is 5.75 Å². The van der Waals surface area contributed by atoms with E-state index in [1.807, 2.05) is 0 Å². The number of phenols is 1. The molecule has 0 fully saturated rings. The molecule has 0 heterocycles. The van der Waals surface area contributed by atoms with E-state index < -0.39 is 0 Å². The number of carbonyl (C=O) groups excluding carboxylic acids is 1. The predicted molar refractivity (Wildman–Crippen MR) is 79.6 cm³/mol. The highest BCUT2D eigenvalue weighted by molar-refractivity contribution is 9.10. The number of halogens is 2. The molecule has 0 bridgehead atoms. The van der Waals surface area contributed by atoms with Crippen molar-refractivity contribution in [2.75, 3.05) is 5.32 Å². The summed E-state index contributed by atoms with van der Waals surface area (Å²) in [6, 6.07) is 7.40. The Morgan fingerprint density at radius 3 is 2.55 bits per heavy atom. The maximum atomic E-state index is 13.3. The number of rotatable bonds is 2. The summed E-state index contributed by atoms with van der Waals surface area (Å²) in [5.41, 5.74) is 2.30. The Labute approximate surface area is 124 Å². The van der Waals surface area contributed by atoms with Gasteiger partial charge in [0.1, 0.15) is 11.6 Å². The molecule has 0 saturated carbocycles. The summed E-state index contributed by atoms with van der Waals surface area (Å²) < 4.78 is 13.6. The van der Waals surface area contributed by atoms with E-state index >= 15 is 0 Å². The molecule has 1 amide bonds. The molecule has 0 atom stereocenters. The highest BCUT2D eigenvalue weighted by Crippen LogP contribution is 2.25. The summed E-state index contributed by atoms with van der Waals surface area (Å²) in [4.78, 5) is 12.2. The lowest BCUT2D eigenvalue weighted by molar-refractivity contribution is 0.102. The molecule has 2 aromatic rings. The first-order valence-electron chi connectivity index (χ1n) is 5.95. The predicted octanol–water partition coefficient (Wildman–Crippen LogP) is 4.16. The van der Waals surface area contributed by atoms with Crippen LogP contribution in [-0.2, 0) is 0 Å². The summed E-state index contributed by atoms with van der Waals surface area (Å²) >= 11 is 3.09. The first-order chi connectivity index (χ1) is 9.38. The monoisotopic (exact) mass is 337 g/mol. The number of hydrogen-bond donors (Lipinski definition) is 2. The van der Waals surface area contributed by atoms with Gasteiger partial charge in [-0.05, 0) is 71.2 Å². The van der Waals surface area contributed by atoms with Crippen LogP contribution >= 0.6 is 15.9 Å². The van der Waals surface area contributed by atoms with Gasteiger partial charge < -0.3 is 10.4 Å². The zero-order valence-electron chi connectivity index (χ0n) is 11.0. The maximum Gasteiger partial charge on any atom is 0.255 e. The second kappa shape index (κ2) is 5.63. The van der Waals surface area contributed by atoms with E-state index in [1.165, 1.54) is 24.3 Å². The van der Waals surface area contributed by atoms with Crippen molar-refractivity contribution in [1.82, 2.24) is 0 Å². The Morgan fingerprint density at radius 1 is 1.20 bits per heavy atom. The Morgan fingerprint density at radius 2 is 1.90 bits per heavy atom. The first-order valence-corrected chi connectivity index (χ1v) is 6.74. The fourth-order valence-electron chi connectivity index (χ4n) is 1.87. The van der Waals surface area contributed by atoms with Gasteiger partial charge in [-0.2, -0.15) is 0 Å². The summed E-state index contributed by atoms with van der Waals surface area (Å²) in [5.74, 6) is -0.565. The van der Waals surface area contributed by atoms with Gasteiger partial charge in [-0.25, -0.2) is 4.39 Å². The van der Waals surface area contributed by atoms with Crippen LogP contribution in [0, 0.1) is 19.7 Å². The quantitative estimate of drug-likeness (QED) is 0.864. The van der Waals surface area contributed by atoms with Crippen molar-refractivity contribution < 1.29 is 14.3 Å². The van der Waals surface area contributed by atoms with E-state index in [1.54, 1.807) is 19.9 Å². The lowest BCUT2D eigenvalue weighted by Crippen LogP contribution is -2.14. The van der Waals surface area contributed by atoms with E-state index in [0.717, 1.165) is 0 Å². The largest absolute Gasteiger partial charge is 0.508 e. The van der Waals surface area contributed by atoms with Gasteiger partial charge in [-0.1, -0.05) is 0 Å². The molecule has 0 aliphatic carbocycles. The zero-order chi connectivity index (χ0) is 14.9. The van der Waals surface area contributed by atoms with Crippen LogP contribution in [0.15, 0.2) is 34.8 Å². The second-order valence-corrected chi connectivity index (χ2v) is 5.39. The number of aromatic hydroxyl groups is 1. The van der Waals surface area contributed by atoms with Crippen molar-refractivity contribution in [2.45, 2.75) is 13.8 Å². The Hall–Kier alpha value is -1.88. The first kappa shape index (κ1) is 14.5. The van der Waals surface area contributed by atoms with Gasteiger partial charge >= 0.3 is 0 Å². The third-order valence-electron chi connectivity index (χ3n) is 2.97. The third kappa shape index (κ3) is 2.99. The topological polar surface area (TPSA) is 49.3 Å². The summed E-state index contributed by atoms with van der Waals surface area (Å²) in [7, 11) is 0. The average molecular weight is 338 g/mol. The van der Waals surface area contributed by atoms with Gasteiger partial charge in [0.15, 0.2) is 0 Å². The van der Waals surface area contributed by atoms with E-state index in [-0.39, 0.29) is 17.5 Å². The number of anilines is 1. The highest BCUT2D eigenvalue weighted by Gasteiger charge is 2.12. The van der Waals surface area contributed by atoms with Crippen molar-refractivity contribution in [3.63, 3.8) is 0 Å². The van der Waals surface area contributed by atoms with Crippen molar-refractivity contribution in [2.24, 2.45) is 0 Å². The average Bonchev–Trinajstić information content (AvgIpc) is 2.35. The smallest absolute Gasteiger partial charge is 0.255 e. The summed E-state index contributed by atoms with van der Waals surface area (Å²) in [6.07, 6.45) is 0. The van der Waals surface area contributed by atoms with E-state index in [4.69, 9.17) is 0 Å². The standard InChI is InChI=1S/C15H13BrFNO2/c1-8-5-10(19)3-4-11(8)15(20)18-14-7-12(16)13(17)6-9(14)2/h3-7,19H,1-2H3,(H,18,20). The van der Waals surface area contributed by atoms with Gasteiger partial charge in [0.2, 0.25) is 0 Å². The molecule has 2 aromatic carbocycles. The lowest BCUT2D eigenvalue weighted by atomic mass is 10.1. The number of carbonyl (C=O) groups is 1. The minimum atomic E-state index is -0.374. The molecule has 0 aromatic heterocycles. The number of hydrogen-bond acceptors (Lipinski definition) is 2. The van der Waals surface area contributed by atoms with E-state index in [0.29, 0.717) is 26.9 Å². The van der Waals surface area contributed by atoms with Gasteiger partial charge in [-0.3, -0.25) is 4.79 Å². The SMILES string of the molecule is Cc1cc(F)c(Br)cc1NC(=O)c1ccc(O)cc1C. The molecule has 0 unspecified atom stereocenters. The number of nitrogens with one attached hydrogen (secondary N) is 1. The van der Waals surface area contributed by atoms with E-state index in [2.05, 4.69) is 21.2 Å². The van der Waals surface area contributed by atoms with Crippen LogP contribution in [0.5, 0.6) is 5.75 Å². The molecule has 5 heteroatoms. The Bertz CT molecular complexity index is 686. The number of aryl methyl sites for hydroxylation is 2. The van der Waals surface area contributed by atoms with Crippen LogP contribution in [0.25, 0.3) is 0 Å². The van der Waals surface area contributed by atoms with Gasteiger partial charge in [0, 0.05) is 11.3 Å². The zero-order valence-corrected chi connectivity index (χ0v) is 12.6. The minimum Gasteiger partial charge on any atom is -0.508 e. The normalized spacial score (nSPS) is 10.4. The molecule has 20 heavy (non-hydrogen) atoms. The van der Waals surface area contributed by atoms with Gasteiger partial charge in [-0.15, -0.1) is 0 Å². The maximum absolute atomic E-state index is 13.3. The molecular formula is C15H13BrFNO2. The number of phenolic OH excluding ortho intramolecular Hbond substituents is 1. The Kier molecular flexibility index (Phi) is 4.09. The third-order valence-corrected chi connectivity index (χ3v) is 3.58. The molecular weight excluding hydrogens is 325 g/mol. The van der Waals surface area contributed by atoms with Crippen LogP contribution in [-0.4, -0.2) is 11.0 Å². The van der Waals surface area contributed by atoms with Crippen LogP contribution in [0.3, 0.4) is 0 Å². The van der Waals surface area contributed by atoms with Crippen LogP contribution in [0.4, 0.5) is 10.1 Å². The second-order valence-electron chi connectivity index (χ2n) is 4.53. The number of benzene rings is 2. The molecule has 3 nitrogen and oxygen atoms in total.